The number of hydrogen-bond donors (Lipinski definition) is 0. The number of benzene rings is 6. The molecule has 0 bridgehead atoms. The lowest BCUT2D eigenvalue weighted by atomic mass is 9.97. The van der Waals surface area contributed by atoms with Gasteiger partial charge in [0.1, 0.15) is 8.80 Å². The molecule has 8 rings (SSSR count). The second-order valence-electron chi connectivity index (χ2n) is 10.9. The summed E-state index contributed by atoms with van der Waals surface area (Å²) in [6.07, 6.45) is 4.89. The highest BCUT2D eigenvalue weighted by molar-refractivity contribution is 6.96. The molecule has 0 aliphatic heterocycles. The van der Waals surface area contributed by atoms with E-state index in [1.807, 2.05) is 0 Å². The lowest BCUT2D eigenvalue weighted by molar-refractivity contribution is 1.54. The van der Waals surface area contributed by atoms with Gasteiger partial charge in [0.2, 0.25) is 0 Å². The van der Waals surface area contributed by atoms with Crippen molar-refractivity contribution >= 4 is 51.9 Å². The van der Waals surface area contributed by atoms with Crippen LogP contribution < -0.4 is 0 Å². The molecular formula is C39H28Si. The molecule has 0 amide bonds. The van der Waals surface area contributed by atoms with Crippen molar-refractivity contribution in [1.29, 1.82) is 0 Å². The van der Waals surface area contributed by atoms with Crippen molar-refractivity contribution in [3.8, 4) is 0 Å². The van der Waals surface area contributed by atoms with Crippen molar-refractivity contribution in [3.05, 3.63) is 180 Å². The standard InChI is InChI=1S/C39H28Si/c1-40(38-32-20-8-4-14-28(32)24-36(38)34-22-10-16-26-12-2-6-18-30(26)34)39-33-21-9-5-15-29(33)25-37(39)35-23-11-17-27-13-3-7-19-31(27)35/h2-25,40H,1H3. The van der Waals surface area contributed by atoms with E-state index in [4.69, 9.17) is 0 Å². The maximum atomic E-state index is 2.55. The van der Waals surface area contributed by atoms with Crippen LogP contribution in [0.3, 0.4) is 0 Å². The van der Waals surface area contributed by atoms with Crippen LogP contribution in [0.4, 0.5) is 0 Å². The molecule has 0 unspecified atom stereocenters. The SMILES string of the molecule is C[SiH](C1=C(c2cccc3ccccc23)[CH]c2ccccc21)C1=C(c2cccc3ccccc23)[CH]c2ccccc21. The molecule has 0 spiro atoms. The predicted molar refractivity (Wildman–Crippen MR) is 174 cm³/mol. The average molecular weight is 525 g/mol. The minimum absolute atomic E-state index is 1.29. The highest BCUT2D eigenvalue weighted by atomic mass is 28.3. The van der Waals surface area contributed by atoms with Gasteiger partial charge in [-0.05, 0) is 76.5 Å². The summed E-state index contributed by atoms with van der Waals surface area (Å²) >= 11 is 0. The van der Waals surface area contributed by atoms with Crippen LogP contribution in [0.25, 0.3) is 43.1 Å². The monoisotopic (exact) mass is 524 g/mol. The molecule has 40 heavy (non-hydrogen) atoms. The second-order valence-corrected chi connectivity index (χ2v) is 13.5. The van der Waals surface area contributed by atoms with Crippen LogP contribution in [0, 0.1) is 12.8 Å². The first kappa shape index (κ1) is 23.4. The summed E-state index contributed by atoms with van der Waals surface area (Å²) in [4.78, 5) is 0. The molecule has 6 aromatic carbocycles. The van der Waals surface area contributed by atoms with Crippen LogP contribution in [0.2, 0.25) is 6.55 Å². The second kappa shape index (κ2) is 9.33. The van der Waals surface area contributed by atoms with E-state index in [0.29, 0.717) is 0 Å². The zero-order valence-corrected chi connectivity index (χ0v) is 23.6. The minimum Gasteiger partial charge on any atom is -0.0641 e. The highest BCUT2D eigenvalue weighted by Gasteiger charge is 2.34. The zero-order chi connectivity index (χ0) is 26.6. The topological polar surface area (TPSA) is 0 Å². The van der Waals surface area contributed by atoms with Gasteiger partial charge in [-0.2, -0.15) is 0 Å². The van der Waals surface area contributed by atoms with E-state index in [0.717, 1.165) is 0 Å². The molecule has 188 valence electrons. The minimum atomic E-state index is -1.70. The molecular weight excluding hydrogens is 497 g/mol. The van der Waals surface area contributed by atoms with Crippen molar-refractivity contribution < 1.29 is 0 Å². The molecule has 6 aromatic rings. The summed E-state index contributed by atoms with van der Waals surface area (Å²) < 4.78 is 0. The van der Waals surface area contributed by atoms with Gasteiger partial charge in [-0.25, -0.2) is 0 Å². The molecule has 0 heterocycles. The molecule has 1 heteroatoms. The van der Waals surface area contributed by atoms with Gasteiger partial charge in [0, 0.05) is 12.8 Å². The molecule has 2 aliphatic rings. The Morgan fingerprint density at radius 1 is 0.375 bits per heavy atom. The Hall–Kier alpha value is -4.46. The Bertz CT molecular complexity index is 1870. The lowest BCUT2D eigenvalue weighted by Crippen LogP contribution is -2.15. The van der Waals surface area contributed by atoms with Gasteiger partial charge in [-0.3, -0.25) is 0 Å². The first-order valence-electron chi connectivity index (χ1n) is 14.1. The van der Waals surface area contributed by atoms with Gasteiger partial charge in [-0.1, -0.05) is 140 Å². The van der Waals surface area contributed by atoms with Crippen molar-refractivity contribution in [2.75, 3.05) is 0 Å². The van der Waals surface area contributed by atoms with Gasteiger partial charge in [0.15, 0.2) is 0 Å². The van der Waals surface area contributed by atoms with Crippen molar-refractivity contribution in [3.63, 3.8) is 0 Å². The fraction of sp³-hybridized carbons (Fsp3) is 0.0256. The van der Waals surface area contributed by atoms with Gasteiger partial charge >= 0.3 is 0 Å². The Kier molecular flexibility index (Phi) is 5.46. The van der Waals surface area contributed by atoms with E-state index in [1.54, 1.807) is 10.4 Å². The Morgan fingerprint density at radius 3 is 1.25 bits per heavy atom. The highest BCUT2D eigenvalue weighted by Crippen LogP contribution is 2.50. The van der Waals surface area contributed by atoms with Crippen molar-refractivity contribution in [2.45, 2.75) is 6.55 Å². The molecule has 0 saturated carbocycles. The zero-order valence-electron chi connectivity index (χ0n) is 22.4. The number of fused-ring (bicyclic) bond motifs is 4. The van der Waals surface area contributed by atoms with E-state index in [2.05, 4.69) is 153 Å². The fourth-order valence-electron chi connectivity index (χ4n) is 6.94. The maximum absolute atomic E-state index is 2.55. The third-order valence-electron chi connectivity index (χ3n) is 8.71. The van der Waals surface area contributed by atoms with E-state index < -0.39 is 8.80 Å². The first-order chi connectivity index (χ1) is 19.8. The molecule has 0 aromatic heterocycles. The normalized spacial score (nSPS) is 14.4. The van der Waals surface area contributed by atoms with Crippen molar-refractivity contribution in [2.24, 2.45) is 0 Å². The summed E-state index contributed by atoms with van der Waals surface area (Å²) in [6.45, 7) is 2.55. The molecule has 2 aliphatic carbocycles. The largest absolute Gasteiger partial charge is 0.102 e. The van der Waals surface area contributed by atoms with E-state index in [1.165, 1.54) is 66.1 Å². The number of rotatable bonds is 4. The number of allylic oxidation sites excluding steroid dienone is 2. The van der Waals surface area contributed by atoms with Crippen LogP contribution in [-0.2, 0) is 0 Å². The number of hydrogen-bond acceptors (Lipinski definition) is 0. The summed E-state index contributed by atoms with van der Waals surface area (Å²) in [5.41, 5.74) is 10.9. The Balaban J connectivity index is 1.41. The third kappa shape index (κ3) is 3.58. The van der Waals surface area contributed by atoms with E-state index >= 15 is 0 Å². The van der Waals surface area contributed by atoms with Crippen LogP contribution in [-0.4, -0.2) is 8.80 Å². The summed E-state index contributed by atoms with van der Waals surface area (Å²) in [5.74, 6) is 0. The van der Waals surface area contributed by atoms with E-state index in [-0.39, 0.29) is 0 Å². The molecule has 0 fully saturated rings. The Labute approximate surface area is 237 Å². The fourth-order valence-corrected chi connectivity index (χ4v) is 10.1. The smallest absolute Gasteiger partial charge is 0.0641 e. The predicted octanol–water partition coefficient (Wildman–Crippen LogP) is 9.58. The summed E-state index contributed by atoms with van der Waals surface area (Å²) in [6, 6.07) is 49.1. The Morgan fingerprint density at radius 2 is 0.750 bits per heavy atom. The molecule has 0 saturated heterocycles. The molecule has 0 N–H and O–H groups in total. The van der Waals surface area contributed by atoms with Gasteiger partial charge in [0.25, 0.3) is 0 Å². The van der Waals surface area contributed by atoms with Crippen LogP contribution in [0.15, 0.2) is 133 Å². The van der Waals surface area contributed by atoms with Crippen LogP contribution in [0.1, 0.15) is 33.4 Å². The average Bonchev–Trinajstić information content (AvgIpc) is 3.59. The van der Waals surface area contributed by atoms with Gasteiger partial charge in [-0.15, -0.1) is 0 Å². The first-order valence-corrected chi connectivity index (χ1v) is 16.4. The quantitative estimate of drug-likeness (QED) is 0.201. The lowest BCUT2D eigenvalue weighted by Gasteiger charge is -2.22. The van der Waals surface area contributed by atoms with Crippen LogP contribution >= 0.6 is 0 Å². The third-order valence-corrected chi connectivity index (χ3v) is 11.7. The molecule has 0 nitrogen and oxygen atoms in total. The summed E-state index contributed by atoms with van der Waals surface area (Å²) in [7, 11) is -1.70. The van der Waals surface area contributed by atoms with Gasteiger partial charge in [0.05, 0.1) is 0 Å². The van der Waals surface area contributed by atoms with E-state index in [9.17, 15) is 0 Å². The van der Waals surface area contributed by atoms with Crippen LogP contribution in [0.5, 0.6) is 0 Å². The summed E-state index contributed by atoms with van der Waals surface area (Å²) in [5, 5.41) is 8.32. The molecule has 0 atom stereocenters. The van der Waals surface area contributed by atoms with Gasteiger partial charge < -0.3 is 0 Å². The molecule has 2 radical (unpaired) electrons. The maximum Gasteiger partial charge on any atom is 0.102 e. The van der Waals surface area contributed by atoms with Crippen molar-refractivity contribution in [1.82, 2.24) is 0 Å².